The molecule has 1 heterocycles. The number of nitrogens with two attached hydrogens (primary N) is 1. The van der Waals surface area contributed by atoms with Crippen LogP contribution in [-0.2, 0) is 0 Å². The molecule has 3 unspecified atom stereocenters. The number of rotatable bonds is 2. The Bertz CT molecular complexity index is 200. The van der Waals surface area contributed by atoms with Gasteiger partial charge in [-0.25, -0.2) is 0 Å². The Morgan fingerprint density at radius 3 is 2.53 bits per heavy atom. The minimum Gasteiger partial charge on any atom is -0.326 e. The van der Waals surface area contributed by atoms with Gasteiger partial charge in [-0.2, -0.15) is 11.8 Å². The monoisotopic (exact) mass is 230 g/mol. The predicted molar refractivity (Wildman–Crippen MR) is 70.4 cm³/mol. The van der Waals surface area contributed by atoms with Gasteiger partial charge >= 0.3 is 0 Å². The smallest absolute Gasteiger partial charge is 0.0217 e. The Hall–Kier alpha value is 0.270. The molecule has 0 spiro atoms. The zero-order valence-electron chi connectivity index (χ0n) is 10.8. The lowest BCUT2D eigenvalue weighted by molar-refractivity contribution is 0.161. The van der Waals surface area contributed by atoms with Crippen molar-refractivity contribution in [3.63, 3.8) is 0 Å². The van der Waals surface area contributed by atoms with Crippen LogP contribution < -0.4 is 5.73 Å². The molecule has 3 heteroatoms. The van der Waals surface area contributed by atoms with Crippen molar-refractivity contribution < 1.29 is 0 Å². The van der Waals surface area contributed by atoms with E-state index in [9.17, 15) is 0 Å². The summed E-state index contributed by atoms with van der Waals surface area (Å²) in [5, 5.41) is 0.742. The highest BCUT2D eigenvalue weighted by atomic mass is 32.2. The number of hydrogen-bond donors (Lipinski definition) is 1. The summed E-state index contributed by atoms with van der Waals surface area (Å²) in [5.74, 6) is 1.25. The maximum Gasteiger partial charge on any atom is 0.0217 e. The molecule has 1 aliphatic rings. The molecule has 0 saturated carbocycles. The summed E-state index contributed by atoms with van der Waals surface area (Å²) in [4.78, 5) is 2.55. The van der Waals surface area contributed by atoms with Gasteiger partial charge in [0.2, 0.25) is 0 Å². The summed E-state index contributed by atoms with van der Waals surface area (Å²) < 4.78 is 0. The first kappa shape index (κ1) is 13.3. The van der Waals surface area contributed by atoms with E-state index >= 15 is 0 Å². The van der Waals surface area contributed by atoms with E-state index in [4.69, 9.17) is 5.73 Å². The highest BCUT2D eigenvalue weighted by molar-refractivity contribution is 8.00. The van der Waals surface area contributed by atoms with Crippen LogP contribution in [0.4, 0.5) is 0 Å². The minimum atomic E-state index is 0.216. The first-order chi connectivity index (χ1) is 6.82. The van der Waals surface area contributed by atoms with Crippen molar-refractivity contribution in [2.24, 2.45) is 11.1 Å². The van der Waals surface area contributed by atoms with Gasteiger partial charge in [-0.1, -0.05) is 27.7 Å². The summed E-state index contributed by atoms with van der Waals surface area (Å²) >= 11 is 2.08. The van der Waals surface area contributed by atoms with Crippen LogP contribution in [0.1, 0.15) is 34.6 Å². The first-order valence-electron chi connectivity index (χ1n) is 5.93. The van der Waals surface area contributed by atoms with Gasteiger partial charge in [0.15, 0.2) is 0 Å². The van der Waals surface area contributed by atoms with Crippen molar-refractivity contribution in [2.45, 2.75) is 52.0 Å². The molecule has 0 aromatic heterocycles. The molecule has 0 amide bonds. The van der Waals surface area contributed by atoms with Crippen LogP contribution in [0.3, 0.4) is 0 Å². The summed E-state index contributed by atoms with van der Waals surface area (Å²) in [5.41, 5.74) is 6.46. The zero-order valence-corrected chi connectivity index (χ0v) is 11.6. The van der Waals surface area contributed by atoms with E-state index in [1.165, 1.54) is 12.3 Å². The highest BCUT2D eigenvalue weighted by Gasteiger charge is 2.29. The number of hydrogen-bond acceptors (Lipinski definition) is 3. The second kappa shape index (κ2) is 5.07. The Kier molecular flexibility index (Phi) is 4.50. The van der Waals surface area contributed by atoms with E-state index in [1.54, 1.807) is 0 Å². The third-order valence-electron chi connectivity index (χ3n) is 3.56. The summed E-state index contributed by atoms with van der Waals surface area (Å²) in [6.45, 7) is 13.6. The molecule has 0 aliphatic carbocycles. The average Bonchev–Trinajstić information content (AvgIpc) is 2.11. The Labute approximate surface area is 99.0 Å². The third-order valence-corrected chi connectivity index (χ3v) is 4.90. The lowest BCUT2D eigenvalue weighted by atomic mass is 9.87. The van der Waals surface area contributed by atoms with Crippen LogP contribution in [0, 0.1) is 5.41 Å². The maximum absolute atomic E-state index is 6.24. The van der Waals surface area contributed by atoms with Gasteiger partial charge in [-0.05, 0) is 12.3 Å². The fourth-order valence-electron chi connectivity index (χ4n) is 1.78. The van der Waals surface area contributed by atoms with Crippen molar-refractivity contribution in [1.29, 1.82) is 0 Å². The highest BCUT2D eigenvalue weighted by Crippen LogP contribution is 2.26. The molecule has 0 aromatic carbocycles. The molecule has 0 radical (unpaired) electrons. The molecule has 0 aromatic rings. The van der Waals surface area contributed by atoms with Gasteiger partial charge in [-0.3, -0.25) is 4.90 Å². The van der Waals surface area contributed by atoms with Crippen LogP contribution in [0.25, 0.3) is 0 Å². The maximum atomic E-state index is 6.24. The fraction of sp³-hybridized carbons (Fsp3) is 1.00. The third kappa shape index (κ3) is 3.65. The van der Waals surface area contributed by atoms with Crippen molar-refractivity contribution in [2.75, 3.05) is 18.8 Å². The Balaban J connectivity index is 2.50. The molecular weight excluding hydrogens is 204 g/mol. The molecule has 0 bridgehead atoms. The van der Waals surface area contributed by atoms with Crippen molar-refractivity contribution in [3.8, 4) is 0 Å². The van der Waals surface area contributed by atoms with Crippen LogP contribution in [0.5, 0.6) is 0 Å². The topological polar surface area (TPSA) is 29.3 Å². The van der Waals surface area contributed by atoms with Gasteiger partial charge < -0.3 is 5.73 Å². The lowest BCUT2D eigenvalue weighted by Gasteiger charge is -2.41. The minimum absolute atomic E-state index is 0.216. The quantitative estimate of drug-likeness (QED) is 0.788. The number of thioether (sulfide) groups is 1. The van der Waals surface area contributed by atoms with E-state index in [0.717, 1.165) is 11.8 Å². The van der Waals surface area contributed by atoms with Crippen LogP contribution >= 0.6 is 11.8 Å². The SMILES string of the molecule is CC1SCCN(CC(N)C(C)(C)C)C1C. The van der Waals surface area contributed by atoms with Gasteiger partial charge in [-0.15, -0.1) is 0 Å². The second-order valence-electron chi connectivity index (χ2n) is 5.78. The van der Waals surface area contributed by atoms with Crippen LogP contribution in [-0.4, -0.2) is 41.1 Å². The molecule has 2 nitrogen and oxygen atoms in total. The van der Waals surface area contributed by atoms with Gasteiger partial charge in [0, 0.05) is 36.2 Å². The molecule has 1 rings (SSSR count). The van der Waals surface area contributed by atoms with Crippen molar-refractivity contribution in [1.82, 2.24) is 4.90 Å². The van der Waals surface area contributed by atoms with Crippen molar-refractivity contribution in [3.05, 3.63) is 0 Å². The van der Waals surface area contributed by atoms with E-state index in [-0.39, 0.29) is 11.5 Å². The first-order valence-corrected chi connectivity index (χ1v) is 6.98. The van der Waals surface area contributed by atoms with E-state index in [0.29, 0.717) is 6.04 Å². The molecule has 1 fully saturated rings. The van der Waals surface area contributed by atoms with Crippen LogP contribution in [0.2, 0.25) is 0 Å². The van der Waals surface area contributed by atoms with E-state index < -0.39 is 0 Å². The largest absolute Gasteiger partial charge is 0.326 e. The number of nitrogens with zero attached hydrogens (tertiary/aromatic N) is 1. The average molecular weight is 230 g/mol. The summed E-state index contributed by atoms with van der Waals surface area (Å²) in [7, 11) is 0. The normalized spacial score (nSPS) is 31.6. The molecule has 1 aliphatic heterocycles. The molecule has 3 atom stereocenters. The Morgan fingerprint density at radius 2 is 2.00 bits per heavy atom. The van der Waals surface area contributed by atoms with Crippen LogP contribution in [0.15, 0.2) is 0 Å². The van der Waals surface area contributed by atoms with Gasteiger partial charge in [0.25, 0.3) is 0 Å². The second-order valence-corrected chi connectivity index (χ2v) is 7.27. The Morgan fingerprint density at radius 1 is 1.40 bits per heavy atom. The molecule has 15 heavy (non-hydrogen) atoms. The molecule has 1 saturated heterocycles. The fourth-order valence-corrected chi connectivity index (χ4v) is 2.94. The van der Waals surface area contributed by atoms with Gasteiger partial charge in [0.05, 0.1) is 0 Å². The molecule has 2 N–H and O–H groups in total. The van der Waals surface area contributed by atoms with E-state index in [2.05, 4.69) is 51.3 Å². The standard InChI is InChI=1S/C12H26N2S/c1-9-10(2)15-7-6-14(9)8-11(13)12(3,4)5/h9-11H,6-8,13H2,1-5H3. The van der Waals surface area contributed by atoms with Crippen molar-refractivity contribution >= 4 is 11.8 Å². The zero-order chi connectivity index (χ0) is 11.6. The lowest BCUT2D eigenvalue weighted by Crippen LogP contribution is -2.52. The van der Waals surface area contributed by atoms with Gasteiger partial charge in [0.1, 0.15) is 0 Å². The van der Waals surface area contributed by atoms with E-state index in [1.807, 2.05) is 0 Å². The summed E-state index contributed by atoms with van der Waals surface area (Å²) in [6.07, 6.45) is 0. The molecule has 90 valence electrons. The molecular formula is C12H26N2S. The summed E-state index contributed by atoms with van der Waals surface area (Å²) in [6, 6.07) is 0.937. The predicted octanol–water partition coefficient (Wildman–Crippen LogP) is 2.19.